The van der Waals surface area contributed by atoms with Gasteiger partial charge >= 0.3 is 0 Å². The quantitative estimate of drug-likeness (QED) is 0.722. The van der Waals surface area contributed by atoms with E-state index in [0.29, 0.717) is 6.61 Å². The third-order valence-corrected chi connectivity index (χ3v) is 2.88. The van der Waals surface area contributed by atoms with Gasteiger partial charge in [0, 0.05) is 6.04 Å². The number of hydrogen-bond donors (Lipinski definition) is 2. The van der Waals surface area contributed by atoms with Gasteiger partial charge in [0.15, 0.2) is 11.5 Å². The van der Waals surface area contributed by atoms with E-state index in [1.165, 1.54) is 0 Å². The number of benzene rings is 1. The molecule has 0 fully saturated rings. The highest BCUT2D eigenvalue weighted by Gasteiger charge is 2.10. The molecule has 1 aromatic rings. The van der Waals surface area contributed by atoms with Crippen LogP contribution in [0.3, 0.4) is 0 Å². The zero-order chi connectivity index (χ0) is 13.4. The Morgan fingerprint density at radius 2 is 1.95 bits per heavy atom. The van der Waals surface area contributed by atoms with Crippen molar-refractivity contribution in [2.45, 2.75) is 32.2 Å². The summed E-state index contributed by atoms with van der Waals surface area (Å²) < 4.78 is 10.8. The van der Waals surface area contributed by atoms with Crippen molar-refractivity contribution < 1.29 is 9.47 Å². The van der Waals surface area contributed by atoms with Crippen molar-refractivity contribution >= 4 is 12.4 Å². The van der Waals surface area contributed by atoms with Crippen molar-refractivity contribution in [1.82, 2.24) is 0 Å². The molecule has 4 nitrogen and oxygen atoms in total. The van der Waals surface area contributed by atoms with Crippen molar-refractivity contribution in [3.05, 3.63) is 23.8 Å². The number of hydrogen-bond acceptors (Lipinski definition) is 4. The maximum Gasteiger partial charge on any atom is 0.161 e. The summed E-state index contributed by atoms with van der Waals surface area (Å²) in [7, 11) is 1.64. The molecular weight excluding hydrogens is 264 g/mol. The Balaban J connectivity index is 0.00000324. The summed E-state index contributed by atoms with van der Waals surface area (Å²) in [5, 5.41) is 0. The van der Waals surface area contributed by atoms with Gasteiger partial charge < -0.3 is 20.9 Å². The summed E-state index contributed by atoms with van der Waals surface area (Å²) in [5.41, 5.74) is 12.7. The third kappa shape index (κ3) is 5.68. The van der Waals surface area contributed by atoms with Crippen LogP contribution < -0.4 is 20.9 Å². The molecule has 1 atom stereocenters. The van der Waals surface area contributed by atoms with Crippen LogP contribution in [0.2, 0.25) is 0 Å². The first-order chi connectivity index (χ1) is 8.72. The van der Waals surface area contributed by atoms with E-state index < -0.39 is 0 Å². The number of rotatable bonds is 8. The van der Waals surface area contributed by atoms with Crippen molar-refractivity contribution in [3.63, 3.8) is 0 Å². The normalized spacial score (nSPS) is 11.6. The van der Waals surface area contributed by atoms with Gasteiger partial charge in [-0.25, -0.2) is 0 Å². The minimum Gasteiger partial charge on any atom is -0.493 e. The molecule has 0 unspecified atom stereocenters. The van der Waals surface area contributed by atoms with Gasteiger partial charge in [0.05, 0.1) is 13.7 Å². The van der Waals surface area contributed by atoms with Crippen molar-refractivity contribution in [3.8, 4) is 11.5 Å². The first kappa shape index (κ1) is 18.0. The molecule has 0 aromatic heterocycles. The first-order valence-corrected chi connectivity index (χ1v) is 6.49. The number of ether oxygens (including phenoxy) is 2. The monoisotopic (exact) mass is 288 g/mol. The Morgan fingerprint density at radius 3 is 2.53 bits per heavy atom. The molecule has 0 aliphatic heterocycles. The van der Waals surface area contributed by atoms with Crippen LogP contribution in [0.5, 0.6) is 11.5 Å². The van der Waals surface area contributed by atoms with Crippen LogP contribution in [-0.2, 0) is 0 Å². The highest BCUT2D eigenvalue weighted by Crippen LogP contribution is 2.30. The molecular formula is C14H25ClN2O2. The number of halogens is 1. The summed E-state index contributed by atoms with van der Waals surface area (Å²) in [6, 6.07) is 5.90. The molecule has 0 saturated heterocycles. The van der Waals surface area contributed by atoms with E-state index in [9.17, 15) is 0 Å². The van der Waals surface area contributed by atoms with E-state index in [0.717, 1.165) is 42.9 Å². The van der Waals surface area contributed by atoms with Crippen LogP contribution in [-0.4, -0.2) is 20.3 Å². The smallest absolute Gasteiger partial charge is 0.161 e. The second-order valence-electron chi connectivity index (χ2n) is 4.23. The average Bonchev–Trinajstić information content (AvgIpc) is 2.39. The van der Waals surface area contributed by atoms with E-state index in [2.05, 4.69) is 0 Å². The molecule has 0 heterocycles. The second kappa shape index (κ2) is 9.89. The molecule has 0 spiro atoms. The van der Waals surface area contributed by atoms with Gasteiger partial charge in [-0.15, -0.1) is 12.4 Å². The minimum atomic E-state index is 0. The van der Waals surface area contributed by atoms with E-state index in [4.69, 9.17) is 20.9 Å². The fourth-order valence-corrected chi connectivity index (χ4v) is 1.87. The molecule has 0 aliphatic carbocycles. The van der Waals surface area contributed by atoms with Crippen LogP contribution in [0, 0.1) is 0 Å². The topological polar surface area (TPSA) is 70.5 Å². The van der Waals surface area contributed by atoms with Gasteiger partial charge in [-0.1, -0.05) is 12.5 Å². The van der Waals surface area contributed by atoms with E-state index in [-0.39, 0.29) is 18.4 Å². The zero-order valence-corrected chi connectivity index (χ0v) is 12.5. The Kier molecular flexibility index (Phi) is 9.39. The first-order valence-electron chi connectivity index (χ1n) is 6.49. The SMILES string of the molecule is CCOc1cc([C@@H](N)CCCCN)ccc1OC.Cl. The van der Waals surface area contributed by atoms with Gasteiger partial charge in [0.2, 0.25) is 0 Å². The van der Waals surface area contributed by atoms with Crippen molar-refractivity contribution in [2.75, 3.05) is 20.3 Å². The average molecular weight is 289 g/mol. The lowest BCUT2D eigenvalue weighted by Gasteiger charge is -2.15. The zero-order valence-electron chi connectivity index (χ0n) is 11.7. The lowest BCUT2D eigenvalue weighted by atomic mass is 10.0. The molecule has 4 N–H and O–H groups in total. The summed E-state index contributed by atoms with van der Waals surface area (Å²) in [6.45, 7) is 3.29. The number of methoxy groups -OCH3 is 1. The Labute approximate surface area is 121 Å². The molecule has 110 valence electrons. The molecule has 0 saturated carbocycles. The lowest BCUT2D eigenvalue weighted by Crippen LogP contribution is -2.11. The standard InChI is InChI=1S/C14H24N2O2.ClH/c1-3-18-14-10-11(7-8-13(14)17-2)12(16)6-4-5-9-15;/h7-8,10,12H,3-6,9,15-16H2,1-2H3;1H/t12-;/m0./s1. The maximum absolute atomic E-state index is 6.16. The second-order valence-corrected chi connectivity index (χ2v) is 4.23. The van der Waals surface area contributed by atoms with E-state index in [1.807, 2.05) is 25.1 Å². The number of nitrogens with two attached hydrogens (primary N) is 2. The molecule has 1 rings (SSSR count). The van der Waals surface area contributed by atoms with Crippen molar-refractivity contribution in [2.24, 2.45) is 11.5 Å². The maximum atomic E-state index is 6.16. The van der Waals surface area contributed by atoms with Crippen LogP contribution >= 0.6 is 12.4 Å². The van der Waals surface area contributed by atoms with Gasteiger partial charge in [0.25, 0.3) is 0 Å². The molecule has 5 heteroatoms. The summed E-state index contributed by atoms with van der Waals surface area (Å²) in [4.78, 5) is 0. The highest BCUT2D eigenvalue weighted by atomic mass is 35.5. The van der Waals surface area contributed by atoms with Crippen LogP contribution in [0.15, 0.2) is 18.2 Å². The molecule has 0 amide bonds. The lowest BCUT2D eigenvalue weighted by molar-refractivity contribution is 0.310. The molecule has 19 heavy (non-hydrogen) atoms. The Morgan fingerprint density at radius 1 is 1.21 bits per heavy atom. The predicted molar refractivity (Wildman–Crippen MR) is 81.2 cm³/mol. The van der Waals surface area contributed by atoms with E-state index in [1.54, 1.807) is 7.11 Å². The third-order valence-electron chi connectivity index (χ3n) is 2.88. The van der Waals surface area contributed by atoms with Crippen LogP contribution in [0.1, 0.15) is 37.8 Å². The predicted octanol–water partition coefficient (Wildman–Crippen LogP) is 2.64. The van der Waals surface area contributed by atoms with Crippen molar-refractivity contribution in [1.29, 1.82) is 0 Å². The van der Waals surface area contributed by atoms with Gasteiger partial charge in [-0.3, -0.25) is 0 Å². The van der Waals surface area contributed by atoms with Gasteiger partial charge in [-0.2, -0.15) is 0 Å². The largest absolute Gasteiger partial charge is 0.493 e. The van der Waals surface area contributed by atoms with Gasteiger partial charge in [-0.05, 0) is 44.0 Å². The molecule has 0 aliphatic rings. The van der Waals surface area contributed by atoms with Crippen LogP contribution in [0.25, 0.3) is 0 Å². The summed E-state index contributed by atoms with van der Waals surface area (Å²) in [6.07, 6.45) is 3.00. The minimum absolute atomic E-state index is 0. The molecule has 0 bridgehead atoms. The molecule has 1 aromatic carbocycles. The Bertz CT molecular complexity index is 361. The van der Waals surface area contributed by atoms with Crippen LogP contribution in [0.4, 0.5) is 0 Å². The fourth-order valence-electron chi connectivity index (χ4n) is 1.87. The molecule has 0 radical (unpaired) electrons. The number of unbranched alkanes of at least 4 members (excludes halogenated alkanes) is 1. The van der Waals surface area contributed by atoms with Gasteiger partial charge in [0.1, 0.15) is 0 Å². The van der Waals surface area contributed by atoms with E-state index >= 15 is 0 Å². The summed E-state index contributed by atoms with van der Waals surface area (Å²) in [5.74, 6) is 1.50. The fraction of sp³-hybridized carbons (Fsp3) is 0.571. The summed E-state index contributed by atoms with van der Waals surface area (Å²) >= 11 is 0. The Hall–Kier alpha value is -0.970. The highest BCUT2D eigenvalue weighted by molar-refractivity contribution is 5.85.